The van der Waals surface area contributed by atoms with E-state index in [0.29, 0.717) is 0 Å². The van der Waals surface area contributed by atoms with E-state index in [9.17, 15) is 18.7 Å². The van der Waals surface area contributed by atoms with Gasteiger partial charge in [0.1, 0.15) is 0 Å². The fourth-order valence-electron chi connectivity index (χ4n) is 1.63. The lowest BCUT2D eigenvalue weighted by atomic mass is 9.90. The molecule has 0 bridgehead atoms. The Hall–Kier alpha value is -1.49. The first-order chi connectivity index (χ1) is 8.38. The van der Waals surface area contributed by atoms with Crippen LogP contribution in [0.15, 0.2) is 18.2 Å². The Bertz CT molecular complexity index is 430. The van der Waals surface area contributed by atoms with E-state index in [1.807, 2.05) is 0 Å². The van der Waals surface area contributed by atoms with Crippen LogP contribution in [0.5, 0.6) is 0 Å². The van der Waals surface area contributed by atoms with E-state index < -0.39 is 23.2 Å². The van der Waals surface area contributed by atoms with Crippen molar-refractivity contribution in [2.75, 3.05) is 6.61 Å². The first-order valence-corrected chi connectivity index (χ1v) is 5.71. The predicted octanol–water partition coefficient (Wildman–Crippen LogP) is 2.52. The molecule has 0 aliphatic carbocycles. The van der Waals surface area contributed by atoms with Gasteiger partial charge in [-0.25, -0.2) is 8.78 Å². The topological polar surface area (TPSA) is 46.5 Å². The minimum Gasteiger partial charge on any atom is -0.466 e. The summed E-state index contributed by atoms with van der Waals surface area (Å²) >= 11 is 0. The third kappa shape index (κ3) is 3.50. The van der Waals surface area contributed by atoms with Gasteiger partial charge in [-0.3, -0.25) is 4.79 Å². The molecule has 1 aromatic carbocycles. The van der Waals surface area contributed by atoms with Gasteiger partial charge in [-0.05, 0) is 26.3 Å². The third-order valence-electron chi connectivity index (χ3n) is 2.65. The number of rotatable bonds is 5. The van der Waals surface area contributed by atoms with E-state index in [-0.39, 0.29) is 25.0 Å². The number of benzene rings is 1. The monoisotopic (exact) mass is 258 g/mol. The fourth-order valence-corrected chi connectivity index (χ4v) is 1.63. The molecule has 0 spiro atoms. The number of hydrogen-bond donors (Lipinski definition) is 1. The summed E-state index contributed by atoms with van der Waals surface area (Å²) < 4.78 is 31.3. The van der Waals surface area contributed by atoms with Gasteiger partial charge in [0.05, 0.1) is 12.2 Å². The van der Waals surface area contributed by atoms with E-state index in [1.54, 1.807) is 6.92 Å². The minimum atomic E-state index is -1.61. The predicted molar refractivity (Wildman–Crippen MR) is 61.8 cm³/mol. The highest BCUT2D eigenvalue weighted by Gasteiger charge is 2.28. The molecule has 1 N–H and O–H groups in total. The normalized spacial score (nSPS) is 14.1. The summed E-state index contributed by atoms with van der Waals surface area (Å²) in [6, 6.07) is 3.58. The Morgan fingerprint density at radius 1 is 1.44 bits per heavy atom. The Balaban J connectivity index is 2.79. The van der Waals surface area contributed by atoms with Crippen molar-refractivity contribution in [2.24, 2.45) is 0 Å². The van der Waals surface area contributed by atoms with Crippen molar-refractivity contribution >= 4 is 5.97 Å². The van der Waals surface area contributed by atoms with Crippen LogP contribution in [-0.2, 0) is 15.1 Å². The molecule has 5 heteroatoms. The lowest BCUT2D eigenvalue weighted by Crippen LogP contribution is -2.24. The lowest BCUT2D eigenvalue weighted by molar-refractivity contribution is -0.144. The van der Waals surface area contributed by atoms with E-state index in [1.165, 1.54) is 19.1 Å². The molecule has 1 unspecified atom stereocenters. The second-order valence-electron chi connectivity index (χ2n) is 4.18. The fraction of sp³-hybridized carbons (Fsp3) is 0.462. The second kappa shape index (κ2) is 5.91. The quantitative estimate of drug-likeness (QED) is 0.825. The van der Waals surface area contributed by atoms with Crippen molar-refractivity contribution in [3.8, 4) is 0 Å². The van der Waals surface area contributed by atoms with Gasteiger partial charge in [-0.1, -0.05) is 12.1 Å². The van der Waals surface area contributed by atoms with Gasteiger partial charge in [0.2, 0.25) is 0 Å². The van der Waals surface area contributed by atoms with E-state index in [2.05, 4.69) is 0 Å². The van der Waals surface area contributed by atoms with Crippen LogP contribution in [0.2, 0.25) is 0 Å². The number of hydrogen-bond acceptors (Lipinski definition) is 3. The molecule has 0 saturated carbocycles. The number of esters is 1. The summed E-state index contributed by atoms with van der Waals surface area (Å²) in [6.45, 7) is 3.25. The zero-order chi connectivity index (χ0) is 13.8. The largest absolute Gasteiger partial charge is 0.466 e. The molecule has 0 radical (unpaired) electrons. The van der Waals surface area contributed by atoms with Gasteiger partial charge in [0.15, 0.2) is 11.6 Å². The maximum atomic E-state index is 13.5. The van der Waals surface area contributed by atoms with Crippen molar-refractivity contribution in [1.82, 2.24) is 0 Å². The van der Waals surface area contributed by atoms with Gasteiger partial charge in [0, 0.05) is 12.0 Å². The standard InChI is InChI=1S/C13H16F2O3/c1-3-18-11(16)7-8-13(2,17)9-5-4-6-10(14)12(9)15/h4-6,17H,3,7-8H2,1-2H3. The summed E-state index contributed by atoms with van der Waals surface area (Å²) in [7, 11) is 0. The summed E-state index contributed by atoms with van der Waals surface area (Å²) in [6.07, 6.45) is -0.0942. The molecule has 0 fully saturated rings. The van der Waals surface area contributed by atoms with Crippen molar-refractivity contribution in [3.05, 3.63) is 35.4 Å². The van der Waals surface area contributed by atoms with Gasteiger partial charge in [-0.15, -0.1) is 0 Å². The van der Waals surface area contributed by atoms with Crippen LogP contribution in [0, 0.1) is 11.6 Å². The average Bonchev–Trinajstić information content (AvgIpc) is 2.30. The molecule has 0 heterocycles. The molecule has 0 saturated heterocycles. The van der Waals surface area contributed by atoms with Crippen molar-refractivity contribution in [1.29, 1.82) is 0 Å². The molecule has 1 rings (SSSR count). The highest BCUT2D eigenvalue weighted by atomic mass is 19.2. The lowest BCUT2D eigenvalue weighted by Gasteiger charge is -2.24. The first kappa shape index (κ1) is 14.6. The Morgan fingerprint density at radius 3 is 2.72 bits per heavy atom. The van der Waals surface area contributed by atoms with Crippen LogP contribution in [-0.4, -0.2) is 17.7 Å². The Kier molecular flexibility index (Phi) is 4.78. The summed E-state index contributed by atoms with van der Waals surface area (Å²) in [5.74, 6) is -2.59. The highest BCUT2D eigenvalue weighted by Crippen LogP contribution is 2.29. The van der Waals surface area contributed by atoms with Gasteiger partial charge < -0.3 is 9.84 Å². The van der Waals surface area contributed by atoms with E-state index in [4.69, 9.17) is 4.74 Å². The molecule has 100 valence electrons. The van der Waals surface area contributed by atoms with Crippen LogP contribution < -0.4 is 0 Å². The maximum absolute atomic E-state index is 13.5. The molecular formula is C13H16F2O3. The van der Waals surface area contributed by atoms with Gasteiger partial charge in [0.25, 0.3) is 0 Å². The molecule has 0 amide bonds. The SMILES string of the molecule is CCOC(=O)CCC(C)(O)c1cccc(F)c1F. The highest BCUT2D eigenvalue weighted by molar-refractivity contribution is 5.69. The molecular weight excluding hydrogens is 242 g/mol. The van der Waals surface area contributed by atoms with E-state index >= 15 is 0 Å². The van der Waals surface area contributed by atoms with Gasteiger partial charge >= 0.3 is 5.97 Å². The number of aliphatic hydroxyl groups is 1. The molecule has 3 nitrogen and oxygen atoms in total. The van der Waals surface area contributed by atoms with E-state index in [0.717, 1.165) is 6.07 Å². The smallest absolute Gasteiger partial charge is 0.305 e. The zero-order valence-corrected chi connectivity index (χ0v) is 10.4. The van der Waals surface area contributed by atoms with Crippen LogP contribution in [0.1, 0.15) is 32.3 Å². The summed E-state index contributed by atoms with van der Waals surface area (Å²) in [4.78, 5) is 11.2. The Labute approximate surface area is 104 Å². The maximum Gasteiger partial charge on any atom is 0.305 e. The van der Waals surface area contributed by atoms with Gasteiger partial charge in [-0.2, -0.15) is 0 Å². The van der Waals surface area contributed by atoms with Crippen LogP contribution in [0.3, 0.4) is 0 Å². The molecule has 1 atom stereocenters. The van der Waals surface area contributed by atoms with Crippen molar-refractivity contribution < 1.29 is 23.4 Å². The minimum absolute atomic E-state index is 0.0355. The molecule has 0 aromatic heterocycles. The molecule has 0 aliphatic rings. The number of carbonyl (C=O) groups excluding carboxylic acids is 1. The summed E-state index contributed by atoms with van der Waals surface area (Å²) in [5, 5.41) is 10.1. The third-order valence-corrected chi connectivity index (χ3v) is 2.65. The number of carbonyl (C=O) groups is 1. The second-order valence-corrected chi connectivity index (χ2v) is 4.18. The summed E-state index contributed by atoms with van der Waals surface area (Å²) in [5.41, 5.74) is -1.77. The van der Waals surface area contributed by atoms with Crippen LogP contribution in [0.25, 0.3) is 0 Å². The molecule has 1 aromatic rings. The Morgan fingerprint density at radius 2 is 2.11 bits per heavy atom. The average molecular weight is 258 g/mol. The zero-order valence-electron chi connectivity index (χ0n) is 10.4. The van der Waals surface area contributed by atoms with Crippen LogP contribution in [0.4, 0.5) is 8.78 Å². The molecule has 18 heavy (non-hydrogen) atoms. The number of halogens is 2. The molecule has 0 aliphatic heterocycles. The van der Waals surface area contributed by atoms with Crippen LogP contribution >= 0.6 is 0 Å². The van der Waals surface area contributed by atoms with Crippen molar-refractivity contribution in [2.45, 2.75) is 32.3 Å². The number of ether oxygens (including phenoxy) is 1. The first-order valence-electron chi connectivity index (χ1n) is 5.71. The van der Waals surface area contributed by atoms with Crippen molar-refractivity contribution in [3.63, 3.8) is 0 Å².